The lowest BCUT2D eigenvalue weighted by Gasteiger charge is -2.12. The summed E-state index contributed by atoms with van der Waals surface area (Å²) in [5, 5.41) is 11.1. The van der Waals surface area contributed by atoms with Gasteiger partial charge in [0.1, 0.15) is 6.17 Å². The van der Waals surface area contributed by atoms with Crippen LogP contribution in [0.15, 0.2) is 0 Å². The molecule has 0 saturated carbocycles. The molecule has 23 nitrogen and oxygen atoms in total. The van der Waals surface area contributed by atoms with E-state index in [1.807, 2.05) is 0 Å². The molecule has 0 bridgehead atoms. The molecule has 0 saturated heterocycles. The first-order chi connectivity index (χ1) is 31.8. The molecule has 12 N–H and O–H groups in total. The summed E-state index contributed by atoms with van der Waals surface area (Å²) in [4.78, 5) is 47.0. The molecular formula is C42H86N8O15. The first kappa shape index (κ1) is 62.3. The van der Waals surface area contributed by atoms with Crippen LogP contribution in [0.25, 0.3) is 0 Å². The Morgan fingerprint density at radius 1 is 0.338 bits per heavy atom. The molecule has 4 amide bonds. The van der Waals surface area contributed by atoms with Gasteiger partial charge in [-0.2, -0.15) is 0 Å². The highest BCUT2D eigenvalue weighted by Crippen LogP contribution is 1.98. The van der Waals surface area contributed by atoms with E-state index in [1.54, 1.807) is 0 Å². The van der Waals surface area contributed by atoms with Gasteiger partial charge in [0.2, 0.25) is 17.7 Å². The molecule has 0 spiro atoms. The molecule has 0 rings (SSSR count). The van der Waals surface area contributed by atoms with E-state index in [4.69, 9.17) is 75.0 Å². The summed E-state index contributed by atoms with van der Waals surface area (Å²) in [7, 11) is 0. The van der Waals surface area contributed by atoms with Gasteiger partial charge in [-0.3, -0.25) is 19.2 Å². The number of hydrogen-bond donors (Lipinski definition) is 8. The Morgan fingerprint density at radius 2 is 0.615 bits per heavy atom. The first-order valence-corrected chi connectivity index (χ1v) is 23.2. The van der Waals surface area contributed by atoms with Crippen LogP contribution in [0.5, 0.6) is 0 Å². The lowest BCUT2D eigenvalue weighted by Crippen LogP contribution is -2.47. The number of rotatable bonds is 52. The lowest BCUT2D eigenvalue weighted by atomic mass is 10.1. The minimum atomic E-state index is -1.01. The van der Waals surface area contributed by atoms with Crippen molar-refractivity contribution in [2.45, 2.75) is 70.0 Å². The summed E-state index contributed by atoms with van der Waals surface area (Å²) in [6, 6.07) is -0.491. The van der Waals surface area contributed by atoms with Crippen LogP contribution in [0, 0.1) is 0 Å². The van der Waals surface area contributed by atoms with Crippen molar-refractivity contribution in [3.8, 4) is 0 Å². The van der Waals surface area contributed by atoms with Gasteiger partial charge in [-0.05, 0) is 45.1 Å². The van der Waals surface area contributed by atoms with Gasteiger partial charge in [0.05, 0.1) is 125 Å². The fraction of sp³-hybridized carbons (Fsp3) is 0.905. The van der Waals surface area contributed by atoms with Crippen LogP contribution < -0.4 is 44.2 Å². The highest BCUT2D eigenvalue weighted by molar-refractivity contribution is 5.81. The van der Waals surface area contributed by atoms with Crippen molar-refractivity contribution in [3.63, 3.8) is 0 Å². The van der Waals surface area contributed by atoms with Gasteiger partial charge in [-0.25, -0.2) is 0 Å². The predicted octanol–water partition coefficient (Wildman–Crippen LogP) is -2.33. The zero-order valence-corrected chi connectivity index (χ0v) is 39.0. The molecule has 1 atom stereocenters. The summed E-state index contributed by atoms with van der Waals surface area (Å²) >= 11 is 0. The van der Waals surface area contributed by atoms with Crippen LogP contribution in [0.2, 0.25) is 0 Å². The summed E-state index contributed by atoms with van der Waals surface area (Å²) in [6.45, 7) is 12.2. The summed E-state index contributed by atoms with van der Waals surface area (Å²) < 4.78 is 60.2. The number of hydrogen-bond acceptors (Lipinski definition) is 19. The first-order valence-electron chi connectivity index (χ1n) is 23.2. The summed E-state index contributed by atoms with van der Waals surface area (Å²) in [5.41, 5.74) is 21.8. The zero-order chi connectivity index (χ0) is 47.5. The molecule has 0 aromatic heterocycles. The topological polar surface area (TPSA) is 322 Å². The number of unbranched alkanes of at least 4 members (excludes halogenated alkanes) is 1. The lowest BCUT2D eigenvalue weighted by molar-refractivity contribution is -0.123. The van der Waals surface area contributed by atoms with Crippen LogP contribution in [0.4, 0.5) is 0 Å². The van der Waals surface area contributed by atoms with Crippen LogP contribution in [-0.4, -0.2) is 214 Å². The largest absolute Gasteiger partial charge is 0.379 e. The van der Waals surface area contributed by atoms with E-state index in [1.165, 1.54) is 0 Å². The second kappa shape index (κ2) is 50.7. The number of ether oxygens (including phenoxy) is 11. The number of carbonyl (C=O) groups excluding carboxylic acids is 4. The Morgan fingerprint density at radius 3 is 0.923 bits per heavy atom. The molecule has 0 aliphatic carbocycles. The molecule has 0 fully saturated rings. The molecule has 384 valence electrons. The quantitative estimate of drug-likeness (QED) is 0.0234. The number of nitrogens with two attached hydrogens (primary N) is 4. The second-order valence-electron chi connectivity index (χ2n) is 14.3. The van der Waals surface area contributed by atoms with Crippen LogP contribution in [0.3, 0.4) is 0 Å². The maximum Gasteiger partial charge on any atom is 0.251 e. The van der Waals surface area contributed by atoms with Crippen molar-refractivity contribution in [1.29, 1.82) is 0 Å². The van der Waals surface area contributed by atoms with Crippen molar-refractivity contribution in [2.75, 3.05) is 178 Å². The number of nitrogens with one attached hydrogen (secondary N) is 4. The number of carbonyl (C=O) groups is 4. The van der Waals surface area contributed by atoms with Gasteiger partial charge in [-0.1, -0.05) is 6.42 Å². The fourth-order valence-corrected chi connectivity index (χ4v) is 5.04. The Bertz CT molecular complexity index is 1090. The van der Waals surface area contributed by atoms with Crippen LogP contribution in [-0.2, 0) is 71.3 Å². The van der Waals surface area contributed by atoms with E-state index in [2.05, 4.69) is 21.3 Å². The third kappa shape index (κ3) is 49.0. The SMILES string of the molecule is NCCCC[C@H](N)C(=O)NCCCOCCOCCOCCCNC(=O)CCOCCOCCOCCOCCOCCC(=O)NCCCOCCOCCOCCCNC(=O)C(N)N. The molecular weight excluding hydrogens is 857 g/mol. The molecule has 0 aliphatic heterocycles. The van der Waals surface area contributed by atoms with Crippen LogP contribution in [0.1, 0.15) is 57.8 Å². The second-order valence-corrected chi connectivity index (χ2v) is 14.3. The zero-order valence-electron chi connectivity index (χ0n) is 39.0. The van der Waals surface area contributed by atoms with E-state index in [0.717, 1.165) is 12.8 Å². The summed E-state index contributed by atoms with van der Waals surface area (Å²) in [6.07, 6.45) is 4.64. The van der Waals surface area contributed by atoms with Gasteiger partial charge < -0.3 is 96.3 Å². The van der Waals surface area contributed by atoms with Crippen molar-refractivity contribution >= 4 is 23.6 Å². The average Bonchev–Trinajstić information content (AvgIpc) is 3.29. The van der Waals surface area contributed by atoms with E-state index < -0.39 is 18.1 Å². The maximum atomic E-state index is 12.0. The number of amides is 4. The van der Waals surface area contributed by atoms with E-state index in [-0.39, 0.29) is 30.6 Å². The minimum Gasteiger partial charge on any atom is -0.379 e. The molecule has 0 radical (unpaired) electrons. The average molecular weight is 943 g/mol. The molecule has 0 aromatic rings. The van der Waals surface area contributed by atoms with Crippen molar-refractivity contribution in [3.05, 3.63) is 0 Å². The third-order valence-corrected chi connectivity index (χ3v) is 8.64. The molecule has 0 aliphatic rings. The third-order valence-electron chi connectivity index (χ3n) is 8.64. The Balaban J connectivity index is 3.26. The highest BCUT2D eigenvalue weighted by atomic mass is 16.6. The van der Waals surface area contributed by atoms with Gasteiger partial charge in [0.25, 0.3) is 5.91 Å². The van der Waals surface area contributed by atoms with Crippen molar-refractivity contribution in [1.82, 2.24) is 21.3 Å². The molecule has 65 heavy (non-hydrogen) atoms. The van der Waals surface area contributed by atoms with Gasteiger partial charge in [-0.15, -0.1) is 0 Å². The molecule has 0 heterocycles. The Hall–Kier alpha value is -2.72. The van der Waals surface area contributed by atoms with Crippen molar-refractivity contribution < 1.29 is 71.3 Å². The molecule has 23 heteroatoms. The highest BCUT2D eigenvalue weighted by Gasteiger charge is 2.12. The maximum absolute atomic E-state index is 12.0. The normalized spacial score (nSPS) is 11.8. The summed E-state index contributed by atoms with van der Waals surface area (Å²) in [5.74, 6) is -0.688. The standard InChI is InChI=1S/C42H86N8O15/c43-10-2-1-7-37(44)41(53)49-13-5-17-57-23-29-61-27-21-55-15-3-11-47-38(51)8-19-59-25-31-63-33-35-65-36-34-64-32-26-60-20-9-39(52)48-12-4-16-56-22-28-62-30-24-58-18-6-14-50-42(54)40(45)46/h37,40H,1-36,43-46H2,(H,47,51)(H,48,52)(H,49,53)(H,50,54)/t37-/m0/s1. The predicted molar refractivity (Wildman–Crippen MR) is 242 cm³/mol. The Labute approximate surface area is 386 Å². The van der Waals surface area contributed by atoms with Crippen LogP contribution >= 0.6 is 0 Å². The van der Waals surface area contributed by atoms with E-state index >= 15 is 0 Å². The van der Waals surface area contributed by atoms with Gasteiger partial charge >= 0.3 is 0 Å². The monoisotopic (exact) mass is 943 g/mol. The smallest absolute Gasteiger partial charge is 0.251 e. The Kier molecular flexibility index (Phi) is 48.6. The van der Waals surface area contributed by atoms with Gasteiger partial charge in [0.15, 0.2) is 0 Å². The molecule has 0 unspecified atom stereocenters. The fourth-order valence-electron chi connectivity index (χ4n) is 5.04. The van der Waals surface area contributed by atoms with E-state index in [0.29, 0.717) is 210 Å². The molecule has 0 aromatic carbocycles. The van der Waals surface area contributed by atoms with E-state index in [9.17, 15) is 19.2 Å². The van der Waals surface area contributed by atoms with Crippen molar-refractivity contribution in [2.24, 2.45) is 22.9 Å². The minimum absolute atomic E-state index is 0.0777. The van der Waals surface area contributed by atoms with Gasteiger partial charge in [0, 0.05) is 65.4 Å².